The van der Waals surface area contributed by atoms with E-state index in [-0.39, 0.29) is 27.4 Å². The fraction of sp³-hybridized carbons (Fsp3) is 0.200. The van der Waals surface area contributed by atoms with Crippen LogP contribution in [0.25, 0.3) is 10.9 Å². The van der Waals surface area contributed by atoms with Crippen molar-refractivity contribution >= 4 is 38.0 Å². The van der Waals surface area contributed by atoms with Gasteiger partial charge in [0.25, 0.3) is 5.91 Å². The summed E-state index contributed by atoms with van der Waals surface area (Å²) in [7, 11) is -2.24. The molecule has 3 rings (SSSR count). The highest BCUT2D eigenvalue weighted by atomic mass is 32.2. The minimum Gasteiger partial charge on any atom is -0.494 e. The van der Waals surface area contributed by atoms with Gasteiger partial charge in [0.05, 0.1) is 28.8 Å². The Hall–Kier alpha value is -3.20. The molecule has 0 aliphatic carbocycles. The number of nitrogens with one attached hydrogen (secondary N) is 1. The molecule has 2 aromatic carbocycles. The first-order valence-electron chi connectivity index (χ1n) is 8.71. The number of aromatic nitrogens is 1. The molecule has 29 heavy (non-hydrogen) atoms. The van der Waals surface area contributed by atoms with E-state index in [2.05, 4.69) is 10.3 Å². The Labute approximate surface area is 167 Å². The van der Waals surface area contributed by atoms with Gasteiger partial charge in [0, 0.05) is 29.6 Å². The van der Waals surface area contributed by atoms with Crippen LogP contribution in [0.1, 0.15) is 22.8 Å². The molecule has 9 heteroatoms. The molecule has 0 saturated carbocycles. The zero-order chi connectivity index (χ0) is 21.3. The van der Waals surface area contributed by atoms with Crippen molar-refractivity contribution in [2.75, 3.05) is 18.7 Å². The van der Waals surface area contributed by atoms with Gasteiger partial charge >= 0.3 is 0 Å². The Balaban J connectivity index is 2.33. The van der Waals surface area contributed by atoms with Crippen molar-refractivity contribution in [1.29, 1.82) is 0 Å². The van der Waals surface area contributed by atoms with Crippen LogP contribution < -0.4 is 15.8 Å². The molecule has 0 unspecified atom stereocenters. The molecular formula is C20H20FN3O4S. The van der Waals surface area contributed by atoms with E-state index in [1.165, 1.54) is 31.5 Å². The number of nitrogens with zero attached hydrogens (tertiary/aromatic N) is 1. The number of carbonyl (C=O) groups is 1. The van der Waals surface area contributed by atoms with E-state index in [1.54, 1.807) is 12.1 Å². The lowest BCUT2D eigenvalue weighted by molar-refractivity contribution is 0.100. The predicted molar refractivity (Wildman–Crippen MR) is 109 cm³/mol. The number of amides is 1. The van der Waals surface area contributed by atoms with Crippen LogP contribution in [-0.4, -0.2) is 32.7 Å². The van der Waals surface area contributed by atoms with Gasteiger partial charge in [-0.3, -0.25) is 9.78 Å². The third-order valence-corrected chi connectivity index (χ3v) is 5.60. The van der Waals surface area contributed by atoms with E-state index in [0.717, 1.165) is 11.8 Å². The topological polar surface area (TPSA) is 111 Å². The average molecular weight is 417 g/mol. The van der Waals surface area contributed by atoms with Crippen LogP contribution in [0, 0.1) is 5.82 Å². The number of halogens is 1. The number of rotatable bonds is 6. The molecule has 0 radical (unpaired) electrons. The van der Waals surface area contributed by atoms with Gasteiger partial charge in [-0.05, 0) is 36.2 Å². The fourth-order valence-electron chi connectivity index (χ4n) is 3.02. The monoisotopic (exact) mass is 417 g/mol. The third-order valence-electron chi connectivity index (χ3n) is 4.49. The molecule has 3 aromatic rings. The highest BCUT2D eigenvalue weighted by Gasteiger charge is 2.20. The third kappa shape index (κ3) is 4.00. The van der Waals surface area contributed by atoms with Crippen LogP contribution in [0.5, 0.6) is 5.75 Å². The van der Waals surface area contributed by atoms with E-state index in [4.69, 9.17) is 10.5 Å². The minimum absolute atomic E-state index is 0.0139. The number of anilines is 2. The van der Waals surface area contributed by atoms with Crippen molar-refractivity contribution in [2.24, 2.45) is 5.73 Å². The van der Waals surface area contributed by atoms with E-state index >= 15 is 0 Å². The number of nitrogens with two attached hydrogens (primary N) is 1. The van der Waals surface area contributed by atoms with Gasteiger partial charge in [0.2, 0.25) is 0 Å². The molecule has 0 fully saturated rings. The Kier molecular flexibility index (Phi) is 5.43. The van der Waals surface area contributed by atoms with Crippen LogP contribution in [0.2, 0.25) is 0 Å². The molecule has 152 valence electrons. The first-order chi connectivity index (χ1) is 13.7. The van der Waals surface area contributed by atoms with Crippen molar-refractivity contribution in [3.63, 3.8) is 0 Å². The minimum atomic E-state index is -3.58. The SMILES string of the molecule is CCc1cc(S(C)(=O)=O)c2ncc(C(N)=O)c(Nc3ccc(F)c(OC)c3)c2c1. The molecule has 1 aromatic heterocycles. The molecule has 7 nitrogen and oxygen atoms in total. The zero-order valence-electron chi connectivity index (χ0n) is 16.1. The molecule has 0 atom stereocenters. The van der Waals surface area contributed by atoms with Crippen molar-refractivity contribution in [2.45, 2.75) is 18.2 Å². The summed E-state index contributed by atoms with van der Waals surface area (Å²) in [6.07, 6.45) is 2.90. The lowest BCUT2D eigenvalue weighted by atomic mass is 10.0. The number of primary amides is 1. The normalized spacial score (nSPS) is 11.4. The van der Waals surface area contributed by atoms with Gasteiger partial charge in [0.15, 0.2) is 21.4 Å². The number of sulfone groups is 1. The number of carbonyl (C=O) groups excluding carboxylic acids is 1. The molecule has 0 bridgehead atoms. The van der Waals surface area contributed by atoms with E-state index in [0.29, 0.717) is 17.5 Å². The van der Waals surface area contributed by atoms with Crippen LogP contribution in [-0.2, 0) is 16.3 Å². The van der Waals surface area contributed by atoms with Crippen LogP contribution in [0.3, 0.4) is 0 Å². The summed E-state index contributed by atoms with van der Waals surface area (Å²) in [6.45, 7) is 1.89. The second-order valence-electron chi connectivity index (χ2n) is 6.50. The number of hydrogen-bond acceptors (Lipinski definition) is 6. The summed E-state index contributed by atoms with van der Waals surface area (Å²) in [4.78, 5) is 16.3. The molecule has 0 aliphatic heterocycles. The number of hydrogen-bond donors (Lipinski definition) is 2. The zero-order valence-corrected chi connectivity index (χ0v) is 16.9. The number of benzene rings is 2. The van der Waals surface area contributed by atoms with Crippen LogP contribution in [0.4, 0.5) is 15.8 Å². The first kappa shape index (κ1) is 20.5. The summed E-state index contributed by atoms with van der Waals surface area (Å²) in [5.41, 5.74) is 7.27. The second-order valence-corrected chi connectivity index (χ2v) is 8.49. The highest BCUT2D eigenvalue weighted by molar-refractivity contribution is 7.91. The number of pyridine rings is 1. The maximum atomic E-state index is 13.7. The Bertz CT molecular complexity index is 1230. The Morgan fingerprint density at radius 2 is 2.00 bits per heavy atom. The number of methoxy groups -OCH3 is 1. The smallest absolute Gasteiger partial charge is 0.252 e. The van der Waals surface area contributed by atoms with E-state index < -0.39 is 21.6 Å². The molecule has 0 saturated heterocycles. The molecule has 1 amide bonds. The van der Waals surface area contributed by atoms with Crippen molar-refractivity contribution < 1.29 is 22.3 Å². The average Bonchev–Trinajstić information content (AvgIpc) is 2.67. The van der Waals surface area contributed by atoms with E-state index in [9.17, 15) is 17.6 Å². The number of fused-ring (bicyclic) bond motifs is 1. The quantitative estimate of drug-likeness (QED) is 0.637. The van der Waals surface area contributed by atoms with Gasteiger partial charge in [0.1, 0.15) is 0 Å². The van der Waals surface area contributed by atoms with E-state index in [1.807, 2.05) is 6.92 Å². The van der Waals surface area contributed by atoms with Crippen LogP contribution in [0.15, 0.2) is 41.4 Å². The predicted octanol–water partition coefficient (Wildman–Crippen LogP) is 3.19. The summed E-state index contributed by atoms with van der Waals surface area (Å²) in [5.74, 6) is -1.26. The van der Waals surface area contributed by atoms with Gasteiger partial charge in [-0.2, -0.15) is 0 Å². The highest BCUT2D eigenvalue weighted by Crippen LogP contribution is 2.34. The summed E-state index contributed by atoms with van der Waals surface area (Å²) < 4.78 is 43.4. The first-order valence-corrected chi connectivity index (χ1v) is 10.6. The van der Waals surface area contributed by atoms with Crippen molar-refractivity contribution in [1.82, 2.24) is 4.98 Å². The maximum Gasteiger partial charge on any atom is 0.252 e. The second kappa shape index (κ2) is 7.67. The summed E-state index contributed by atoms with van der Waals surface area (Å²) in [6, 6.07) is 7.43. The largest absolute Gasteiger partial charge is 0.494 e. The lowest BCUT2D eigenvalue weighted by Crippen LogP contribution is -2.15. The number of ether oxygens (including phenoxy) is 1. The van der Waals surface area contributed by atoms with Gasteiger partial charge in [-0.15, -0.1) is 0 Å². The molecule has 1 heterocycles. The molecular weight excluding hydrogens is 397 g/mol. The van der Waals surface area contributed by atoms with Gasteiger partial charge in [-0.1, -0.05) is 6.92 Å². The summed E-state index contributed by atoms with van der Waals surface area (Å²) in [5, 5.41) is 3.47. The Morgan fingerprint density at radius 1 is 1.28 bits per heavy atom. The number of aryl methyl sites for hydroxylation is 1. The lowest BCUT2D eigenvalue weighted by Gasteiger charge is -2.16. The van der Waals surface area contributed by atoms with Gasteiger partial charge < -0.3 is 15.8 Å². The fourth-order valence-corrected chi connectivity index (χ4v) is 3.90. The standard InChI is InChI=1S/C20H20FN3O4S/c1-4-11-7-13-18(24-12-5-6-15(21)16(9-12)28-2)14(20(22)25)10-23-19(13)17(8-11)29(3,26)27/h5-10H,4H2,1-3H3,(H2,22,25)(H,23,24). The maximum absolute atomic E-state index is 13.7. The molecule has 0 aliphatic rings. The van der Waals surface area contributed by atoms with Crippen LogP contribution >= 0.6 is 0 Å². The van der Waals surface area contributed by atoms with Gasteiger partial charge in [-0.25, -0.2) is 12.8 Å². The summed E-state index contributed by atoms with van der Waals surface area (Å²) >= 11 is 0. The molecule has 3 N–H and O–H groups in total. The van der Waals surface area contributed by atoms with Crippen molar-refractivity contribution in [3.05, 3.63) is 53.5 Å². The molecule has 0 spiro atoms. The van der Waals surface area contributed by atoms with Crippen molar-refractivity contribution in [3.8, 4) is 5.75 Å². The Morgan fingerprint density at radius 3 is 2.59 bits per heavy atom.